The summed E-state index contributed by atoms with van der Waals surface area (Å²) >= 11 is 0. The van der Waals surface area contributed by atoms with Crippen molar-refractivity contribution < 1.29 is 29.1 Å². The zero-order valence-electron chi connectivity index (χ0n) is 31.5. The predicted molar refractivity (Wildman–Crippen MR) is 193 cm³/mol. The molecule has 5 N–H and O–H groups in total. The van der Waals surface area contributed by atoms with Crippen LogP contribution in [0.15, 0.2) is 30.5 Å². The molecule has 0 bridgehead atoms. The zero-order valence-corrected chi connectivity index (χ0v) is 31.5. The summed E-state index contributed by atoms with van der Waals surface area (Å²) in [7, 11) is 0. The molecule has 1 saturated heterocycles. The molecule has 2 aromatic rings. The molecule has 50 heavy (non-hydrogen) atoms. The molecular formula is C38H58N6O6. The Balaban J connectivity index is 1.55. The fourth-order valence-corrected chi connectivity index (χ4v) is 7.37. The number of carbonyl (C=O) groups is 5. The fraction of sp³-hybridized carbons (Fsp3) is 0.658. The molecule has 12 heteroatoms. The number of carbonyl (C=O) groups excluding carboxylic acids is 5. The van der Waals surface area contributed by atoms with Crippen molar-refractivity contribution in [3.05, 3.63) is 30.5 Å². The topological polar surface area (TPSA) is 162 Å². The van der Waals surface area contributed by atoms with Gasteiger partial charge in [-0.25, -0.2) is 4.79 Å². The van der Waals surface area contributed by atoms with Crippen LogP contribution in [0.5, 0.6) is 5.88 Å². The minimum Gasteiger partial charge on any atom is -0.494 e. The molecule has 6 atom stereocenters. The second kappa shape index (κ2) is 14.6. The van der Waals surface area contributed by atoms with Crippen LogP contribution in [0.3, 0.4) is 0 Å². The highest BCUT2D eigenvalue weighted by atomic mass is 16.3. The van der Waals surface area contributed by atoms with E-state index in [-0.39, 0.29) is 29.0 Å². The van der Waals surface area contributed by atoms with Gasteiger partial charge in [0.25, 0.3) is 5.91 Å². The average molecular weight is 695 g/mol. The maximum atomic E-state index is 14.5. The first kappa shape index (κ1) is 38.7. The Morgan fingerprint density at radius 1 is 0.960 bits per heavy atom. The summed E-state index contributed by atoms with van der Waals surface area (Å²) in [6.45, 7) is 20.4. The van der Waals surface area contributed by atoms with Crippen LogP contribution in [-0.4, -0.2) is 81.4 Å². The molecule has 0 radical (unpaired) electrons. The van der Waals surface area contributed by atoms with Crippen LogP contribution in [0.2, 0.25) is 0 Å². The van der Waals surface area contributed by atoms with E-state index in [9.17, 15) is 29.1 Å². The molecule has 1 aromatic heterocycles. The molecule has 1 aliphatic carbocycles. The van der Waals surface area contributed by atoms with E-state index >= 15 is 0 Å². The summed E-state index contributed by atoms with van der Waals surface area (Å²) < 4.78 is 1.72. The van der Waals surface area contributed by atoms with Crippen LogP contribution < -0.4 is 21.3 Å². The van der Waals surface area contributed by atoms with Crippen LogP contribution >= 0.6 is 0 Å². The van der Waals surface area contributed by atoms with E-state index in [1.54, 1.807) is 16.4 Å². The van der Waals surface area contributed by atoms with Crippen molar-refractivity contribution in [2.24, 2.45) is 28.1 Å². The molecule has 4 rings (SSSR count). The summed E-state index contributed by atoms with van der Waals surface area (Å²) in [5, 5.41) is 23.9. The van der Waals surface area contributed by atoms with Gasteiger partial charge in [0.15, 0.2) is 5.88 Å². The van der Waals surface area contributed by atoms with Crippen LogP contribution in [-0.2, 0) is 25.7 Å². The average Bonchev–Trinajstić information content (AvgIpc) is 3.31. The monoisotopic (exact) mass is 694 g/mol. The number of likely N-dealkylation sites (N-methyl/N-ethyl adjacent to an activating group) is 1. The Morgan fingerprint density at radius 3 is 2.20 bits per heavy atom. The van der Waals surface area contributed by atoms with Gasteiger partial charge in [0.05, 0.1) is 12.1 Å². The number of hydrogen-bond donors (Lipinski definition) is 5. The van der Waals surface area contributed by atoms with Gasteiger partial charge in [0.1, 0.15) is 12.1 Å². The molecule has 2 fully saturated rings. The molecule has 1 aromatic carbocycles. The number of benzene rings is 1. The number of amides is 5. The number of likely N-dealkylation sites (tertiary alicyclic amines) is 1. The molecule has 1 unspecified atom stereocenters. The number of Topliss-reactive ketones (excluding diaryl/α,β-unsaturated/α-hetero) is 1. The van der Waals surface area contributed by atoms with Crippen LogP contribution in [0.4, 0.5) is 4.79 Å². The summed E-state index contributed by atoms with van der Waals surface area (Å²) in [6.07, 6.45) is 3.59. The smallest absolute Gasteiger partial charge is 0.315 e. The highest BCUT2D eigenvalue weighted by Crippen LogP contribution is 2.65. The normalized spacial score (nSPS) is 21.5. The summed E-state index contributed by atoms with van der Waals surface area (Å²) in [6, 6.07) is 3.74. The maximum Gasteiger partial charge on any atom is 0.315 e. The van der Waals surface area contributed by atoms with Crippen molar-refractivity contribution in [3.63, 3.8) is 0 Å². The number of hydrogen-bond acceptors (Lipinski definition) is 6. The largest absolute Gasteiger partial charge is 0.494 e. The number of unbranched alkanes of at least 4 members (excludes halogenated alkanes) is 1. The van der Waals surface area contributed by atoms with Crippen molar-refractivity contribution in [2.75, 3.05) is 13.1 Å². The van der Waals surface area contributed by atoms with Crippen molar-refractivity contribution in [1.29, 1.82) is 0 Å². The van der Waals surface area contributed by atoms with Gasteiger partial charge in [0, 0.05) is 36.6 Å². The molecule has 12 nitrogen and oxygen atoms in total. The number of ketones is 1. The van der Waals surface area contributed by atoms with Crippen molar-refractivity contribution in [3.8, 4) is 5.88 Å². The van der Waals surface area contributed by atoms with Crippen LogP contribution in [0.1, 0.15) is 88.5 Å². The third-order valence-electron chi connectivity index (χ3n) is 10.7. The van der Waals surface area contributed by atoms with Gasteiger partial charge in [-0.3, -0.25) is 19.2 Å². The van der Waals surface area contributed by atoms with Gasteiger partial charge in [0.2, 0.25) is 17.6 Å². The SMILES string of the molecule is CCCCC(NC(=O)[C@@H]1[C@@H]2[C@H](CN1C(=O)[C@@H](NC(=O)N[C@H](Cn1cc3ccccc3c1O)C(C)(C)C)C(C)(C)C)C2(C)C)C(=O)C(=O)NCC. The Morgan fingerprint density at radius 2 is 1.62 bits per heavy atom. The molecule has 2 aliphatic rings. The van der Waals surface area contributed by atoms with E-state index in [1.165, 1.54) is 0 Å². The van der Waals surface area contributed by atoms with Gasteiger partial charge in [-0.15, -0.1) is 0 Å². The number of piperidine rings is 1. The standard InChI is InChI=1S/C38H58N6O6/c1-11-13-18-25(29(45)32(47)39-12-2)40-31(46)28-27-24(38(27,9)10)20-44(28)34(49)30(37(6,7)8)42-35(50)41-26(36(3,4)5)21-43-19-22-16-14-15-17-23(22)33(43)48/h14-17,19,24-28,30,48H,11-13,18,20-21H2,1-10H3,(H,39,47)(H,40,46)(H2,41,42,50)/t24-,25?,26+,27-,28-,30+/m0/s1. The lowest BCUT2D eigenvalue weighted by atomic mass is 9.85. The van der Waals surface area contributed by atoms with Crippen molar-refractivity contribution in [2.45, 2.75) is 119 Å². The molecular weight excluding hydrogens is 636 g/mol. The Bertz CT molecular complexity index is 1600. The number of nitrogens with zero attached hydrogens (tertiary/aromatic N) is 2. The quantitative estimate of drug-likeness (QED) is 0.196. The molecule has 0 spiro atoms. The molecule has 5 amide bonds. The highest BCUT2D eigenvalue weighted by Gasteiger charge is 2.70. The fourth-order valence-electron chi connectivity index (χ4n) is 7.37. The second-order valence-electron chi connectivity index (χ2n) is 16.8. The van der Waals surface area contributed by atoms with E-state index in [4.69, 9.17) is 0 Å². The van der Waals surface area contributed by atoms with Gasteiger partial charge < -0.3 is 35.8 Å². The predicted octanol–water partition coefficient (Wildman–Crippen LogP) is 4.34. The van der Waals surface area contributed by atoms with E-state index < -0.39 is 58.6 Å². The summed E-state index contributed by atoms with van der Waals surface area (Å²) in [5.41, 5.74) is -1.31. The first-order chi connectivity index (χ1) is 23.2. The van der Waals surface area contributed by atoms with Crippen LogP contribution in [0, 0.1) is 28.1 Å². The van der Waals surface area contributed by atoms with E-state index in [2.05, 4.69) is 35.1 Å². The molecule has 1 aliphatic heterocycles. The number of fused-ring (bicyclic) bond motifs is 2. The lowest BCUT2D eigenvalue weighted by molar-refractivity contribution is -0.145. The minimum atomic E-state index is -0.999. The van der Waals surface area contributed by atoms with Gasteiger partial charge in [-0.05, 0) is 47.5 Å². The lowest BCUT2D eigenvalue weighted by Crippen LogP contribution is -2.62. The van der Waals surface area contributed by atoms with E-state index in [0.717, 1.165) is 17.2 Å². The lowest BCUT2D eigenvalue weighted by Gasteiger charge is -2.38. The van der Waals surface area contributed by atoms with Crippen LogP contribution in [0.25, 0.3) is 10.8 Å². The highest BCUT2D eigenvalue weighted by molar-refractivity contribution is 6.38. The Hall–Kier alpha value is -4.09. The first-order valence-corrected chi connectivity index (χ1v) is 18.0. The Kier molecular flexibility index (Phi) is 11.3. The number of rotatable bonds is 13. The molecule has 2 heterocycles. The third kappa shape index (κ3) is 8.10. The van der Waals surface area contributed by atoms with Gasteiger partial charge in [-0.1, -0.05) is 93.4 Å². The van der Waals surface area contributed by atoms with Gasteiger partial charge >= 0.3 is 6.03 Å². The van der Waals surface area contributed by atoms with E-state index in [0.29, 0.717) is 32.5 Å². The minimum absolute atomic E-state index is 0.0832. The number of urea groups is 1. The zero-order chi connectivity index (χ0) is 37.3. The third-order valence-corrected chi connectivity index (χ3v) is 10.7. The summed E-state index contributed by atoms with van der Waals surface area (Å²) in [4.78, 5) is 69.3. The van der Waals surface area contributed by atoms with Crippen molar-refractivity contribution >= 4 is 40.3 Å². The summed E-state index contributed by atoms with van der Waals surface area (Å²) in [5.74, 6) is -2.20. The Labute approximate surface area is 296 Å². The van der Waals surface area contributed by atoms with E-state index in [1.807, 2.05) is 78.9 Å². The van der Waals surface area contributed by atoms with Crippen molar-refractivity contribution in [1.82, 2.24) is 30.7 Å². The maximum absolute atomic E-state index is 14.5. The molecule has 276 valence electrons. The number of aromatic hydroxyl groups is 1. The number of nitrogens with one attached hydrogen (secondary N) is 4. The second-order valence-corrected chi connectivity index (χ2v) is 16.8. The van der Waals surface area contributed by atoms with Gasteiger partial charge in [-0.2, -0.15) is 0 Å². The molecule has 1 saturated carbocycles. The number of aromatic nitrogens is 1. The first-order valence-electron chi connectivity index (χ1n) is 18.0.